The fourth-order valence-corrected chi connectivity index (χ4v) is 7.91. The quantitative estimate of drug-likeness (QED) is 0.473. The normalized spacial score (nSPS) is 26.2. The molecule has 0 spiro atoms. The minimum Gasteiger partial charge on any atom is -0.481 e. The summed E-state index contributed by atoms with van der Waals surface area (Å²) in [6.45, 7) is 5.96. The van der Waals surface area contributed by atoms with Gasteiger partial charge in [0.25, 0.3) is 5.91 Å². The number of primary amides is 1. The van der Waals surface area contributed by atoms with Gasteiger partial charge in [-0.3, -0.25) is 19.3 Å². The molecular formula is C33H42N4O5. The Hall–Kier alpha value is -3.43. The zero-order valence-electron chi connectivity index (χ0n) is 24.2. The van der Waals surface area contributed by atoms with Gasteiger partial charge in [-0.2, -0.15) is 0 Å². The van der Waals surface area contributed by atoms with Gasteiger partial charge >= 0.3 is 5.97 Å². The first-order valence-electron chi connectivity index (χ1n) is 15.4. The molecule has 2 aromatic carbocycles. The Labute approximate surface area is 247 Å². The van der Waals surface area contributed by atoms with Gasteiger partial charge in [-0.15, -0.1) is 0 Å². The van der Waals surface area contributed by atoms with Gasteiger partial charge in [-0.1, -0.05) is 55.3 Å². The third kappa shape index (κ3) is 5.77. The van der Waals surface area contributed by atoms with Crippen LogP contribution in [0.1, 0.15) is 49.1 Å². The Morgan fingerprint density at radius 3 is 2.33 bits per heavy atom. The van der Waals surface area contributed by atoms with E-state index >= 15 is 0 Å². The van der Waals surface area contributed by atoms with Crippen molar-refractivity contribution >= 4 is 23.5 Å². The van der Waals surface area contributed by atoms with Crippen molar-refractivity contribution in [3.05, 3.63) is 65.7 Å². The van der Waals surface area contributed by atoms with Crippen LogP contribution in [0.15, 0.2) is 54.6 Å². The number of nitrogens with zero attached hydrogens (tertiary/aromatic N) is 3. The van der Waals surface area contributed by atoms with Crippen molar-refractivity contribution in [2.75, 3.05) is 50.8 Å². The van der Waals surface area contributed by atoms with Crippen molar-refractivity contribution in [1.29, 1.82) is 0 Å². The number of hydrogen-bond donors (Lipinski definition) is 2. The predicted molar refractivity (Wildman–Crippen MR) is 159 cm³/mol. The van der Waals surface area contributed by atoms with Crippen LogP contribution < -0.4 is 10.6 Å². The largest absolute Gasteiger partial charge is 0.481 e. The van der Waals surface area contributed by atoms with Gasteiger partial charge in [-0.25, -0.2) is 0 Å². The van der Waals surface area contributed by atoms with Crippen LogP contribution >= 0.6 is 0 Å². The van der Waals surface area contributed by atoms with E-state index in [1.807, 2.05) is 35.2 Å². The molecule has 6 rings (SSSR count). The van der Waals surface area contributed by atoms with E-state index in [1.165, 1.54) is 5.56 Å². The predicted octanol–water partition coefficient (Wildman–Crippen LogP) is 3.09. The summed E-state index contributed by atoms with van der Waals surface area (Å²) in [5.41, 5.74) is 7.84. The second-order valence-corrected chi connectivity index (χ2v) is 12.7. The molecule has 0 bridgehead atoms. The van der Waals surface area contributed by atoms with Crippen molar-refractivity contribution in [2.45, 2.75) is 50.7 Å². The zero-order chi connectivity index (χ0) is 29.3. The summed E-state index contributed by atoms with van der Waals surface area (Å²) in [6, 6.07) is 18.4. The molecule has 224 valence electrons. The molecule has 2 aromatic rings. The number of anilines is 1. The Balaban J connectivity index is 1.09. The molecule has 3 saturated heterocycles. The Morgan fingerprint density at radius 2 is 1.67 bits per heavy atom. The first-order valence-corrected chi connectivity index (χ1v) is 15.4. The highest BCUT2D eigenvalue weighted by Gasteiger charge is 2.49. The molecular weight excluding hydrogens is 532 g/mol. The number of fused-ring (bicyclic) bond motifs is 1. The van der Waals surface area contributed by atoms with Crippen molar-refractivity contribution in [2.24, 2.45) is 23.0 Å². The molecule has 9 nitrogen and oxygen atoms in total. The number of amides is 2. The molecule has 42 heavy (non-hydrogen) atoms. The molecule has 1 saturated carbocycles. The maximum Gasteiger partial charge on any atom is 0.310 e. The maximum absolute atomic E-state index is 13.5. The second kappa shape index (κ2) is 12.1. The summed E-state index contributed by atoms with van der Waals surface area (Å²) in [4.78, 5) is 44.7. The monoisotopic (exact) mass is 574 g/mol. The van der Waals surface area contributed by atoms with E-state index in [0.29, 0.717) is 37.8 Å². The van der Waals surface area contributed by atoms with Gasteiger partial charge in [-0.05, 0) is 36.1 Å². The van der Waals surface area contributed by atoms with E-state index in [4.69, 9.17) is 10.5 Å². The lowest BCUT2D eigenvalue weighted by Crippen LogP contribution is -2.50. The summed E-state index contributed by atoms with van der Waals surface area (Å²) in [5, 5.41) is 10.2. The van der Waals surface area contributed by atoms with Crippen LogP contribution in [0.4, 0.5) is 5.69 Å². The fourth-order valence-electron chi connectivity index (χ4n) is 7.91. The molecule has 0 aromatic heterocycles. The van der Waals surface area contributed by atoms with E-state index in [9.17, 15) is 19.5 Å². The van der Waals surface area contributed by atoms with Crippen LogP contribution in [0.25, 0.3) is 0 Å². The number of nitrogens with two attached hydrogens (primary N) is 1. The molecule has 3 heterocycles. The van der Waals surface area contributed by atoms with Gasteiger partial charge < -0.3 is 25.4 Å². The van der Waals surface area contributed by atoms with Crippen molar-refractivity contribution < 1.29 is 24.2 Å². The van der Waals surface area contributed by atoms with Crippen LogP contribution in [0.5, 0.6) is 0 Å². The number of rotatable bonds is 9. The van der Waals surface area contributed by atoms with Crippen molar-refractivity contribution in [3.8, 4) is 0 Å². The maximum atomic E-state index is 13.5. The number of carboxylic acids is 1. The highest BCUT2D eigenvalue weighted by molar-refractivity contribution is 5.82. The SMILES string of the molecule is NC(=O)CC(c1cccc(N2CC3CN(C(=O)C4CN(Cc5ccccc5)CCO4)CC3C2)c1)C1(C(=O)O)CCCC1. The minimum absolute atomic E-state index is 0.0318. The molecule has 9 heteroatoms. The standard InChI is InChI=1S/C33H42N4O5/c34-30(38)16-28(33(32(40)41)11-4-5-12-33)24-9-6-10-27(15-24)36-18-25-20-37(21-26(25)19-36)31(39)29-22-35(13-14-42-29)17-23-7-2-1-3-8-23/h1-3,6-10,15,25-26,28-29H,4-5,11-14,16-22H2,(H2,34,38)(H,40,41). The molecule has 3 aliphatic heterocycles. The van der Waals surface area contributed by atoms with Crippen molar-refractivity contribution in [3.63, 3.8) is 0 Å². The number of morpholine rings is 1. The Kier molecular flexibility index (Phi) is 8.23. The van der Waals surface area contributed by atoms with Crippen LogP contribution in [-0.4, -0.2) is 84.7 Å². The summed E-state index contributed by atoms with van der Waals surface area (Å²) < 4.78 is 5.94. The van der Waals surface area contributed by atoms with Gasteiger partial charge in [0, 0.05) is 75.7 Å². The van der Waals surface area contributed by atoms with E-state index < -0.39 is 29.3 Å². The third-order valence-electron chi connectivity index (χ3n) is 10.1. The third-order valence-corrected chi connectivity index (χ3v) is 10.1. The highest BCUT2D eigenvalue weighted by Crippen LogP contribution is 2.51. The molecule has 0 radical (unpaired) electrons. The lowest BCUT2D eigenvalue weighted by atomic mass is 9.69. The van der Waals surface area contributed by atoms with Crippen molar-refractivity contribution in [1.82, 2.24) is 9.80 Å². The van der Waals surface area contributed by atoms with E-state index in [2.05, 4.69) is 34.1 Å². The first-order chi connectivity index (χ1) is 20.3. The molecule has 4 aliphatic rings. The molecule has 4 atom stereocenters. The van der Waals surface area contributed by atoms with Gasteiger partial charge in [0.1, 0.15) is 6.10 Å². The van der Waals surface area contributed by atoms with Crippen LogP contribution in [0.3, 0.4) is 0 Å². The number of carbonyl (C=O) groups excluding carboxylic acids is 2. The number of hydrogen-bond acceptors (Lipinski definition) is 6. The first kappa shape index (κ1) is 28.7. The molecule has 4 fully saturated rings. The zero-order valence-corrected chi connectivity index (χ0v) is 24.2. The average molecular weight is 575 g/mol. The van der Waals surface area contributed by atoms with Gasteiger partial charge in [0.15, 0.2) is 0 Å². The lowest BCUT2D eigenvalue weighted by Gasteiger charge is -2.35. The number of carboxylic acid groups (broad SMARTS) is 1. The van der Waals surface area contributed by atoms with E-state index in [-0.39, 0.29) is 12.3 Å². The molecule has 4 unspecified atom stereocenters. The topological polar surface area (TPSA) is 116 Å². The number of likely N-dealkylation sites (tertiary alicyclic amines) is 1. The lowest BCUT2D eigenvalue weighted by molar-refractivity contribution is -0.150. The number of carbonyl (C=O) groups is 3. The van der Waals surface area contributed by atoms with E-state index in [0.717, 1.165) is 63.4 Å². The second-order valence-electron chi connectivity index (χ2n) is 12.7. The fraction of sp³-hybridized carbons (Fsp3) is 0.545. The molecule has 1 aliphatic carbocycles. The van der Waals surface area contributed by atoms with Gasteiger partial charge in [0.05, 0.1) is 12.0 Å². The van der Waals surface area contributed by atoms with E-state index in [1.54, 1.807) is 0 Å². The smallest absolute Gasteiger partial charge is 0.310 e. The number of ether oxygens (including phenoxy) is 1. The number of benzene rings is 2. The summed E-state index contributed by atoms with van der Waals surface area (Å²) in [6.07, 6.45) is 2.44. The van der Waals surface area contributed by atoms with Crippen LogP contribution in [0.2, 0.25) is 0 Å². The highest BCUT2D eigenvalue weighted by atomic mass is 16.5. The number of aliphatic carboxylic acids is 1. The molecule has 3 N–H and O–H groups in total. The molecule has 2 amide bonds. The minimum atomic E-state index is -0.950. The van der Waals surface area contributed by atoms with Crippen LogP contribution in [-0.2, 0) is 25.7 Å². The Bertz CT molecular complexity index is 1280. The summed E-state index contributed by atoms with van der Waals surface area (Å²) in [5.74, 6) is -0.889. The van der Waals surface area contributed by atoms with Gasteiger partial charge in [0.2, 0.25) is 5.91 Å². The summed E-state index contributed by atoms with van der Waals surface area (Å²) in [7, 11) is 0. The van der Waals surface area contributed by atoms with Crippen LogP contribution in [0, 0.1) is 17.3 Å². The average Bonchev–Trinajstić information content (AvgIpc) is 3.73. The summed E-state index contributed by atoms with van der Waals surface area (Å²) >= 11 is 0. The Morgan fingerprint density at radius 1 is 0.952 bits per heavy atom.